The summed E-state index contributed by atoms with van der Waals surface area (Å²) in [7, 11) is 0. The van der Waals surface area contributed by atoms with E-state index in [1.165, 1.54) is 21.3 Å². The van der Waals surface area contributed by atoms with Crippen molar-refractivity contribution in [2.45, 2.75) is 46.6 Å². The summed E-state index contributed by atoms with van der Waals surface area (Å²) in [6.07, 6.45) is 4.61. The van der Waals surface area contributed by atoms with Crippen molar-refractivity contribution >= 4 is 38.7 Å². The molecule has 4 rings (SSSR count). The molecule has 0 aromatic carbocycles. The number of rotatable bonds is 3. The summed E-state index contributed by atoms with van der Waals surface area (Å²) in [4.78, 5) is 34.3. The van der Waals surface area contributed by atoms with Gasteiger partial charge in [-0.25, -0.2) is 4.98 Å². The van der Waals surface area contributed by atoms with Crippen LogP contribution >= 0.6 is 22.7 Å². The van der Waals surface area contributed by atoms with Crippen LogP contribution in [0.3, 0.4) is 0 Å². The second-order valence-electron chi connectivity index (χ2n) is 6.96. The zero-order valence-corrected chi connectivity index (χ0v) is 16.2. The van der Waals surface area contributed by atoms with Gasteiger partial charge in [-0.05, 0) is 50.7 Å². The summed E-state index contributed by atoms with van der Waals surface area (Å²) >= 11 is 3.25. The van der Waals surface area contributed by atoms with Crippen molar-refractivity contribution in [2.75, 3.05) is 0 Å². The van der Waals surface area contributed by atoms with Gasteiger partial charge in [0, 0.05) is 20.2 Å². The molecule has 130 valence electrons. The number of hydrogen-bond acceptors (Lipinski definition) is 5. The predicted molar refractivity (Wildman–Crippen MR) is 103 cm³/mol. The standard InChI is InChI=1S/C19H20N2O2S2/c1-10-4-5-13-16(6-10)25-18-17(13)19(23)21(9-20-18)8-15(22)14-7-11(2)24-12(14)3/h7,9-10H,4-6,8H2,1-3H3/t10-/m0/s1. The van der Waals surface area contributed by atoms with E-state index < -0.39 is 0 Å². The number of aromatic nitrogens is 2. The SMILES string of the molecule is Cc1cc(C(=O)Cn2cnc3sc4c(c3c2=O)CC[C@H](C)C4)c(C)s1. The van der Waals surface area contributed by atoms with Crippen LogP contribution in [0.1, 0.15) is 43.9 Å². The first-order valence-corrected chi connectivity index (χ1v) is 10.2. The lowest BCUT2D eigenvalue weighted by atomic mass is 9.89. The minimum Gasteiger partial charge on any atom is -0.292 e. The summed E-state index contributed by atoms with van der Waals surface area (Å²) in [5.74, 6) is 0.636. The Bertz CT molecular complexity index is 1040. The van der Waals surface area contributed by atoms with E-state index in [0.29, 0.717) is 5.92 Å². The van der Waals surface area contributed by atoms with E-state index in [0.717, 1.165) is 44.8 Å². The van der Waals surface area contributed by atoms with Crippen LogP contribution in [-0.2, 0) is 19.4 Å². The molecule has 0 saturated heterocycles. The van der Waals surface area contributed by atoms with Gasteiger partial charge in [0.15, 0.2) is 5.78 Å². The molecule has 4 nitrogen and oxygen atoms in total. The number of nitrogens with zero attached hydrogens (tertiary/aromatic N) is 2. The molecule has 1 aliphatic carbocycles. The fraction of sp³-hybridized carbons (Fsp3) is 0.421. The molecule has 0 N–H and O–H groups in total. The lowest BCUT2D eigenvalue weighted by molar-refractivity contribution is 0.0970. The fourth-order valence-corrected chi connectivity index (χ4v) is 5.91. The number of Topliss-reactive ketones (excluding diaryl/α,β-unsaturated/α-hetero) is 1. The Morgan fingerprint density at radius 3 is 2.88 bits per heavy atom. The average Bonchev–Trinajstić information content (AvgIpc) is 3.09. The highest BCUT2D eigenvalue weighted by Crippen LogP contribution is 2.35. The molecule has 0 spiro atoms. The molecule has 3 heterocycles. The Hall–Kier alpha value is -1.79. The molecule has 3 aromatic heterocycles. The number of carbonyl (C=O) groups is 1. The summed E-state index contributed by atoms with van der Waals surface area (Å²) < 4.78 is 1.47. The van der Waals surface area contributed by atoms with E-state index in [1.54, 1.807) is 22.7 Å². The Morgan fingerprint density at radius 2 is 2.16 bits per heavy atom. The van der Waals surface area contributed by atoms with Gasteiger partial charge in [0.2, 0.25) is 0 Å². The van der Waals surface area contributed by atoms with Crippen LogP contribution in [0, 0.1) is 19.8 Å². The maximum atomic E-state index is 13.0. The van der Waals surface area contributed by atoms with Crippen molar-refractivity contribution in [3.63, 3.8) is 0 Å². The Balaban J connectivity index is 1.74. The number of thiophene rings is 2. The maximum Gasteiger partial charge on any atom is 0.262 e. The minimum absolute atomic E-state index is 0.0252. The number of carbonyl (C=O) groups excluding carboxylic acids is 1. The summed E-state index contributed by atoms with van der Waals surface area (Å²) in [6.45, 7) is 6.25. The van der Waals surface area contributed by atoms with Gasteiger partial charge < -0.3 is 0 Å². The van der Waals surface area contributed by atoms with Crippen LogP contribution < -0.4 is 5.56 Å². The van der Waals surface area contributed by atoms with Crippen LogP contribution in [0.2, 0.25) is 0 Å². The first kappa shape index (κ1) is 16.7. The minimum atomic E-state index is -0.0741. The number of aryl methyl sites for hydroxylation is 3. The first-order chi connectivity index (χ1) is 11.9. The van der Waals surface area contributed by atoms with Crippen molar-refractivity contribution < 1.29 is 4.79 Å². The van der Waals surface area contributed by atoms with Gasteiger partial charge in [-0.3, -0.25) is 14.2 Å². The maximum absolute atomic E-state index is 13.0. The monoisotopic (exact) mass is 372 g/mol. The van der Waals surface area contributed by atoms with Crippen molar-refractivity contribution in [1.82, 2.24) is 9.55 Å². The van der Waals surface area contributed by atoms with Gasteiger partial charge in [0.25, 0.3) is 5.56 Å². The normalized spacial score (nSPS) is 17.0. The van der Waals surface area contributed by atoms with E-state index >= 15 is 0 Å². The smallest absolute Gasteiger partial charge is 0.262 e. The van der Waals surface area contributed by atoms with Crippen LogP contribution in [0.15, 0.2) is 17.2 Å². The first-order valence-electron chi connectivity index (χ1n) is 8.54. The molecule has 0 amide bonds. The largest absolute Gasteiger partial charge is 0.292 e. The Morgan fingerprint density at radius 1 is 1.36 bits per heavy atom. The van der Waals surface area contributed by atoms with Gasteiger partial charge in [-0.15, -0.1) is 22.7 Å². The number of ketones is 1. The summed E-state index contributed by atoms with van der Waals surface area (Å²) in [6, 6.07) is 1.91. The van der Waals surface area contributed by atoms with Gasteiger partial charge in [-0.2, -0.15) is 0 Å². The molecule has 0 bridgehead atoms. The zero-order valence-electron chi connectivity index (χ0n) is 14.6. The quantitative estimate of drug-likeness (QED) is 0.649. The molecule has 0 radical (unpaired) electrons. The number of fused-ring (bicyclic) bond motifs is 3. The topological polar surface area (TPSA) is 52.0 Å². The summed E-state index contributed by atoms with van der Waals surface area (Å²) in [5.41, 5.74) is 1.81. The summed E-state index contributed by atoms with van der Waals surface area (Å²) in [5, 5.41) is 0.737. The van der Waals surface area contributed by atoms with Crippen LogP contribution in [0.4, 0.5) is 0 Å². The molecular formula is C19H20N2O2S2. The van der Waals surface area contributed by atoms with Crippen molar-refractivity contribution in [1.29, 1.82) is 0 Å². The lowest BCUT2D eigenvalue weighted by Crippen LogP contribution is -2.25. The average molecular weight is 373 g/mol. The molecule has 1 aliphatic rings. The molecular weight excluding hydrogens is 352 g/mol. The van der Waals surface area contributed by atoms with Gasteiger partial charge >= 0.3 is 0 Å². The molecule has 0 saturated carbocycles. The van der Waals surface area contributed by atoms with Crippen LogP contribution in [0.25, 0.3) is 10.2 Å². The zero-order chi connectivity index (χ0) is 17.7. The highest BCUT2D eigenvalue weighted by molar-refractivity contribution is 7.18. The highest BCUT2D eigenvalue weighted by atomic mass is 32.1. The molecule has 0 unspecified atom stereocenters. The van der Waals surface area contributed by atoms with Crippen molar-refractivity contribution in [3.8, 4) is 0 Å². The van der Waals surface area contributed by atoms with Gasteiger partial charge in [0.1, 0.15) is 4.83 Å². The van der Waals surface area contributed by atoms with Crippen molar-refractivity contribution in [2.24, 2.45) is 5.92 Å². The second kappa shape index (κ2) is 6.18. The fourth-order valence-electron chi connectivity index (χ4n) is 3.63. The van der Waals surface area contributed by atoms with E-state index in [1.807, 2.05) is 19.9 Å². The van der Waals surface area contributed by atoms with Crippen LogP contribution in [0.5, 0.6) is 0 Å². The third-order valence-electron chi connectivity index (χ3n) is 4.94. The molecule has 0 fully saturated rings. The molecule has 6 heteroatoms. The van der Waals surface area contributed by atoms with E-state index in [4.69, 9.17) is 0 Å². The van der Waals surface area contributed by atoms with E-state index in [2.05, 4.69) is 11.9 Å². The Labute approximate surface area is 154 Å². The third kappa shape index (κ3) is 2.87. The Kier molecular flexibility index (Phi) is 4.12. The highest BCUT2D eigenvalue weighted by Gasteiger charge is 2.23. The van der Waals surface area contributed by atoms with Gasteiger partial charge in [0.05, 0.1) is 18.3 Å². The lowest BCUT2D eigenvalue weighted by Gasteiger charge is -2.17. The van der Waals surface area contributed by atoms with Crippen LogP contribution in [-0.4, -0.2) is 15.3 Å². The number of hydrogen-bond donors (Lipinski definition) is 0. The molecule has 0 aliphatic heterocycles. The molecule has 3 aromatic rings. The van der Waals surface area contributed by atoms with E-state index in [9.17, 15) is 9.59 Å². The second-order valence-corrected chi connectivity index (χ2v) is 9.50. The third-order valence-corrected chi connectivity index (χ3v) is 7.07. The molecule has 25 heavy (non-hydrogen) atoms. The van der Waals surface area contributed by atoms with Gasteiger partial charge in [-0.1, -0.05) is 6.92 Å². The van der Waals surface area contributed by atoms with Crippen molar-refractivity contribution in [3.05, 3.63) is 48.5 Å². The molecule has 1 atom stereocenters. The predicted octanol–water partition coefficient (Wildman–Crippen LogP) is 4.14. The van der Waals surface area contributed by atoms with E-state index in [-0.39, 0.29) is 17.9 Å².